The summed E-state index contributed by atoms with van der Waals surface area (Å²) in [6.07, 6.45) is 5.07. The first-order valence-electron chi connectivity index (χ1n) is 11.1. The number of rotatable bonds is 7. The maximum Gasteiger partial charge on any atom is 0.267 e. The molecule has 2 heterocycles. The Morgan fingerprint density at radius 1 is 0.917 bits per heavy atom. The van der Waals surface area contributed by atoms with Crippen LogP contribution in [0.15, 0.2) is 121 Å². The molecule has 6 nitrogen and oxygen atoms in total. The van der Waals surface area contributed by atoms with Crippen molar-refractivity contribution in [2.45, 2.75) is 6.54 Å². The molecule has 8 heteroatoms. The molecule has 0 unspecified atom stereocenters. The fraction of sp³-hybridized carbons (Fsp3) is 0.0357. The van der Waals surface area contributed by atoms with Gasteiger partial charge in [0.05, 0.1) is 23.9 Å². The Balaban J connectivity index is 1.40. The summed E-state index contributed by atoms with van der Waals surface area (Å²) in [4.78, 5) is 15.4. The van der Waals surface area contributed by atoms with Gasteiger partial charge in [-0.1, -0.05) is 58.4 Å². The zero-order valence-corrected chi connectivity index (χ0v) is 21.4. The number of thioether (sulfide) groups is 1. The number of ether oxygens (including phenoxy) is 1. The summed E-state index contributed by atoms with van der Waals surface area (Å²) < 4.78 is 12.4. The highest BCUT2D eigenvalue weighted by molar-refractivity contribution is 9.10. The van der Waals surface area contributed by atoms with E-state index in [0.717, 1.165) is 21.3 Å². The van der Waals surface area contributed by atoms with E-state index in [-0.39, 0.29) is 12.5 Å². The number of benzene rings is 3. The number of amidine groups is 1. The van der Waals surface area contributed by atoms with Crippen molar-refractivity contribution in [1.82, 2.24) is 4.90 Å². The van der Waals surface area contributed by atoms with E-state index in [1.807, 2.05) is 91.0 Å². The van der Waals surface area contributed by atoms with Crippen molar-refractivity contribution in [2.75, 3.05) is 0 Å². The smallest absolute Gasteiger partial charge is 0.267 e. The third-order valence-electron chi connectivity index (χ3n) is 5.12. The normalized spacial score (nSPS) is 15.9. The first kappa shape index (κ1) is 23.8. The summed E-state index contributed by atoms with van der Waals surface area (Å²) in [5.74, 6) is 1.93. The second-order valence-electron chi connectivity index (χ2n) is 7.75. The van der Waals surface area contributed by atoms with Crippen LogP contribution >= 0.6 is 27.7 Å². The Morgan fingerprint density at radius 3 is 2.53 bits per heavy atom. The molecule has 36 heavy (non-hydrogen) atoms. The van der Waals surface area contributed by atoms with Crippen molar-refractivity contribution < 1.29 is 13.9 Å². The predicted molar refractivity (Wildman–Crippen MR) is 147 cm³/mol. The van der Waals surface area contributed by atoms with Crippen LogP contribution in [0.3, 0.4) is 0 Å². The highest BCUT2D eigenvalue weighted by Crippen LogP contribution is 2.34. The van der Waals surface area contributed by atoms with Gasteiger partial charge in [-0.15, -0.1) is 5.10 Å². The Bertz CT molecular complexity index is 1450. The van der Waals surface area contributed by atoms with E-state index in [1.165, 1.54) is 11.8 Å². The lowest BCUT2D eigenvalue weighted by molar-refractivity contribution is -0.122. The molecule has 1 aliphatic heterocycles. The second-order valence-corrected chi connectivity index (χ2v) is 9.68. The number of nitrogens with zero attached hydrogens (tertiary/aromatic N) is 3. The number of amides is 1. The summed E-state index contributed by atoms with van der Waals surface area (Å²) in [5.41, 5.74) is 1.74. The minimum Gasteiger partial charge on any atom is -0.467 e. The molecular formula is C28H20BrN3O3S. The fourth-order valence-corrected chi connectivity index (χ4v) is 4.81. The second kappa shape index (κ2) is 11.2. The van der Waals surface area contributed by atoms with Gasteiger partial charge < -0.3 is 9.15 Å². The predicted octanol–water partition coefficient (Wildman–Crippen LogP) is 7.34. The Hall–Kier alpha value is -3.88. The average Bonchev–Trinajstić information content (AvgIpc) is 3.49. The van der Waals surface area contributed by atoms with E-state index in [9.17, 15) is 4.79 Å². The van der Waals surface area contributed by atoms with E-state index in [4.69, 9.17) is 9.15 Å². The van der Waals surface area contributed by atoms with Crippen molar-refractivity contribution >= 4 is 51.1 Å². The van der Waals surface area contributed by atoms with E-state index in [0.29, 0.717) is 21.6 Å². The zero-order valence-electron chi connectivity index (χ0n) is 19.0. The van der Waals surface area contributed by atoms with E-state index >= 15 is 0 Å². The highest BCUT2D eigenvalue weighted by Gasteiger charge is 2.34. The minimum atomic E-state index is -0.165. The van der Waals surface area contributed by atoms with Crippen molar-refractivity contribution in [2.24, 2.45) is 10.2 Å². The number of hydrogen-bond acceptors (Lipinski definition) is 6. The molecule has 1 aromatic heterocycles. The van der Waals surface area contributed by atoms with E-state index < -0.39 is 0 Å². The summed E-state index contributed by atoms with van der Waals surface area (Å²) in [5, 5.41) is 9.07. The van der Waals surface area contributed by atoms with Crippen LogP contribution in [0.25, 0.3) is 6.08 Å². The molecule has 5 rings (SSSR count). The fourth-order valence-electron chi connectivity index (χ4n) is 3.46. The van der Waals surface area contributed by atoms with Crippen molar-refractivity contribution in [3.63, 3.8) is 0 Å². The van der Waals surface area contributed by atoms with Crippen LogP contribution in [0.2, 0.25) is 0 Å². The van der Waals surface area contributed by atoms with Gasteiger partial charge in [0.15, 0.2) is 5.17 Å². The van der Waals surface area contributed by atoms with Gasteiger partial charge in [0.25, 0.3) is 5.91 Å². The molecule has 0 bridgehead atoms. The SMILES string of the molecule is O=C1/C(=C/c2cccc(Oc3ccccc3)c2)S/C(=N/N=C\c2cccc(Br)c2)N1Cc1ccco1. The lowest BCUT2D eigenvalue weighted by atomic mass is 10.2. The molecule has 178 valence electrons. The van der Waals surface area contributed by atoms with Crippen LogP contribution in [0.5, 0.6) is 11.5 Å². The lowest BCUT2D eigenvalue weighted by Gasteiger charge is -2.12. The molecule has 3 aromatic carbocycles. The maximum atomic E-state index is 13.3. The molecule has 0 radical (unpaired) electrons. The first-order chi connectivity index (χ1) is 17.6. The molecular weight excluding hydrogens is 538 g/mol. The maximum absolute atomic E-state index is 13.3. The van der Waals surface area contributed by atoms with Crippen molar-refractivity contribution in [3.8, 4) is 11.5 Å². The van der Waals surface area contributed by atoms with Crippen LogP contribution in [0, 0.1) is 0 Å². The highest BCUT2D eigenvalue weighted by atomic mass is 79.9. The molecule has 0 spiro atoms. The Morgan fingerprint density at radius 2 is 1.72 bits per heavy atom. The number of halogens is 1. The molecule has 0 saturated carbocycles. The largest absolute Gasteiger partial charge is 0.467 e. The van der Waals surface area contributed by atoms with Crippen LogP contribution < -0.4 is 4.74 Å². The molecule has 0 aliphatic carbocycles. The Kier molecular flexibility index (Phi) is 7.44. The summed E-state index contributed by atoms with van der Waals surface area (Å²) in [6, 6.07) is 28.5. The van der Waals surface area contributed by atoms with Gasteiger partial charge in [-0.2, -0.15) is 5.10 Å². The van der Waals surface area contributed by atoms with Crippen molar-refractivity contribution in [1.29, 1.82) is 0 Å². The Labute approximate surface area is 221 Å². The van der Waals surface area contributed by atoms with E-state index in [1.54, 1.807) is 23.4 Å². The van der Waals surface area contributed by atoms with Gasteiger partial charge in [-0.25, -0.2) is 0 Å². The van der Waals surface area contributed by atoms with Crippen LogP contribution in [0.1, 0.15) is 16.9 Å². The third-order valence-corrected chi connectivity index (χ3v) is 6.61. The molecule has 1 fully saturated rings. The van der Waals surface area contributed by atoms with Crippen molar-refractivity contribution in [3.05, 3.63) is 124 Å². The molecule has 1 saturated heterocycles. The number of furan rings is 1. The van der Waals surface area contributed by atoms with Gasteiger partial charge >= 0.3 is 0 Å². The molecule has 4 aromatic rings. The topological polar surface area (TPSA) is 67.4 Å². The van der Waals surface area contributed by atoms with Gasteiger partial charge in [0.1, 0.15) is 17.3 Å². The molecule has 1 amide bonds. The lowest BCUT2D eigenvalue weighted by Crippen LogP contribution is -2.28. The number of carbonyl (C=O) groups is 1. The molecule has 0 atom stereocenters. The number of hydrogen-bond donors (Lipinski definition) is 0. The first-order valence-corrected chi connectivity index (χ1v) is 12.7. The van der Waals surface area contributed by atoms with Crippen LogP contribution in [-0.4, -0.2) is 22.2 Å². The van der Waals surface area contributed by atoms with Gasteiger partial charge in [0.2, 0.25) is 0 Å². The van der Waals surface area contributed by atoms with Gasteiger partial charge in [0, 0.05) is 4.47 Å². The zero-order chi connectivity index (χ0) is 24.7. The summed E-state index contributed by atoms with van der Waals surface area (Å²) in [6.45, 7) is 0.262. The number of para-hydroxylation sites is 1. The summed E-state index contributed by atoms with van der Waals surface area (Å²) in [7, 11) is 0. The molecule has 0 N–H and O–H groups in total. The van der Waals surface area contributed by atoms with E-state index in [2.05, 4.69) is 26.1 Å². The monoisotopic (exact) mass is 557 g/mol. The van der Waals surface area contributed by atoms with Gasteiger partial charge in [-0.05, 0) is 77.5 Å². The minimum absolute atomic E-state index is 0.165. The van der Waals surface area contributed by atoms with Crippen LogP contribution in [-0.2, 0) is 11.3 Å². The number of carbonyl (C=O) groups excluding carboxylic acids is 1. The summed E-state index contributed by atoms with van der Waals surface area (Å²) >= 11 is 4.73. The average molecular weight is 558 g/mol. The van der Waals surface area contributed by atoms with Crippen LogP contribution in [0.4, 0.5) is 0 Å². The van der Waals surface area contributed by atoms with Gasteiger partial charge in [-0.3, -0.25) is 9.69 Å². The third kappa shape index (κ3) is 6.02. The standard InChI is InChI=1S/C28H20BrN3O3S/c29-22-9-4-8-21(15-22)18-30-31-28-32(19-25-13-6-14-34-25)27(33)26(36-28)17-20-7-5-12-24(16-20)35-23-10-2-1-3-11-23/h1-18H,19H2/b26-17-,30-18-,31-28+. The molecule has 1 aliphatic rings. The quantitative estimate of drug-likeness (QED) is 0.135.